The molecule has 0 aliphatic rings. The summed E-state index contributed by atoms with van der Waals surface area (Å²) in [7, 11) is 3.20. The average Bonchev–Trinajstić information content (AvgIpc) is 2.87. The summed E-state index contributed by atoms with van der Waals surface area (Å²) in [4.78, 5) is 41.1. The lowest BCUT2D eigenvalue weighted by atomic mass is 10.1. The van der Waals surface area contributed by atoms with Crippen LogP contribution in [0.3, 0.4) is 0 Å². The van der Waals surface area contributed by atoms with E-state index in [9.17, 15) is 14.4 Å². The number of aryl methyl sites for hydroxylation is 1. The average molecular weight is 342 g/mol. The summed E-state index contributed by atoms with van der Waals surface area (Å²) < 4.78 is 5.50. The van der Waals surface area contributed by atoms with Crippen molar-refractivity contribution in [1.29, 1.82) is 0 Å². The molecule has 0 fully saturated rings. The smallest absolute Gasteiger partial charge is 0.356 e. The Hall–Kier alpha value is -2.89. The lowest BCUT2D eigenvalue weighted by Gasteiger charge is -2.21. The summed E-state index contributed by atoms with van der Waals surface area (Å²) in [6.07, 6.45) is -1.05. The molecule has 1 N–H and O–H groups in total. The van der Waals surface area contributed by atoms with Gasteiger partial charge in [0.2, 0.25) is 6.10 Å². The van der Waals surface area contributed by atoms with Gasteiger partial charge in [0.15, 0.2) is 5.78 Å². The van der Waals surface area contributed by atoms with Gasteiger partial charge in [0.05, 0.1) is 0 Å². The van der Waals surface area contributed by atoms with Crippen molar-refractivity contribution in [3.05, 3.63) is 58.4 Å². The number of esters is 1. The number of likely N-dealkylation sites (N-methyl/N-ethyl adjacent to an activating group) is 1. The van der Waals surface area contributed by atoms with Gasteiger partial charge < -0.3 is 14.6 Å². The molecule has 1 amide bonds. The van der Waals surface area contributed by atoms with Gasteiger partial charge >= 0.3 is 5.97 Å². The predicted octanol–water partition coefficient (Wildman–Crippen LogP) is 2.82. The number of hydrogen-bond acceptors (Lipinski definition) is 4. The van der Waals surface area contributed by atoms with Crippen molar-refractivity contribution in [3.63, 3.8) is 0 Å². The molecule has 132 valence electrons. The van der Waals surface area contributed by atoms with Gasteiger partial charge in [-0.25, -0.2) is 4.79 Å². The van der Waals surface area contributed by atoms with Gasteiger partial charge in [-0.15, -0.1) is 0 Å². The molecule has 0 aliphatic heterocycles. The first-order valence-corrected chi connectivity index (χ1v) is 7.91. The second-order valence-corrected chi connectivity index (χ2v) is 6.11. The highest BCUT2D eigenvalue weighted by atomic mass is 16.5. The van der Waals surface area contributed by atoms with Crippen LogP contribution in [0, 0.1) is 13.8 Å². The number of amides is 1. The Morgan fingerprint density at radius 3 is 2.16 bits per heavy atom. The SMILES string of the molecule is CC(=O)c1c(C)[nH]c(C(=O)O[C@@H](C(=O)N(C)C)c2ccccc2)c1C. The largest absolute Gasteiger partial charge is 0.443 e. The highest BCUT2D eigenvalue weighted by Crippen LogP contribution is 2.24. The lowest BCUT2D eigenvalue weighted by Crippen LogP contribution is -2.31. The molecule has 0 bridgehead atoms. The molecule has 1 aromatic carbocycles. The summed E-state index contributed by atoms with van der Waals surface area (Å²) in [6.45, 7) is 4.85. The summed E-state index contributed by atoms with van der Waals surface area (Å²) >= 11 is 0. The van der Waals surface area contributed by atoms with Crippen LogP contribution in [-0.4, -0.2) is 41.6 Å². The van der Waals surface area contributed by atoms with Gasteiger partial charge in [-0.05, 0) is 26.3 Å². The number of rotatable bonds is 5. The number of carbonyl (C=O) groups is 3. The quantitative estimate of drug-likeness (QED) is 0.669. The molecule has 2 rings (SSSR count). The number of ketones is 1. The fourth-order valence-corrected chi connectivity index (χ4v) is 2.77. The maximum Gasteiger partial charge on any atom is 0.356 e. The molecule has 0 aliphatic carbocycles. The van der Waals surface area contributed by atoms with E-state index in [0.29, 0.717) is 22.4 Å². The highest BCUT2D eigenvalue weighted by molar-refractivity contribution is 6.01. The fourth-order valence-electron chi connectivity index (χ4n) is 2.77. The molecule has 1 aromatic heterocycles. The standard InChI is InChI=1S/C19H22N2O4/c1-11-15(13(3)22)12(2)20-16(11)19(24)25-17(18(23)21(4)5)14-9-7-6-8-10-14/h6-10,17,20H,1-5H3/t17-/m1/s1. The number of nitrogens with one attached hydrogen (secondary N) is 1. The Balaban J connectivity index is 2.37. The molecule has 0 saturated carbocycles. The van der Waals surface area contributed by atoms with Crippen molar-refractivity contribution in [3.8, 4) is 0 Å². The third kappa shape index (κ3) is 3.79. The van der Waals surface area contributed by atoms with Crippen LogP contribution in [0.1, 0.15) is 50.7 Å². The Labute approximate surface area is 146 Å². The van der Waals surface area contributed by atoms with Gasteiger partial charge in [0, 0.05) is 30.9 Å². The lowest BCUT2D eigenvalue weighted by molar-refractivity contribution is -0.138. The van der Waals surface area contributed by atoms with E-state index in [1.807, 2.05) is 6.07 Å². The maximum absolute atomic E-state index is 12.6. The van der Waals surface area contributed by atoms with Crippen LogP contribution >= 0.6 is 0 Å². The van der Waals surface area contributed by atoms with E-state index >= 15 is 0 Å². The maximum atomic E-state index is 12.6. The van der Waals surface area contributed by atoms with Gasteiger partial charge in [-0.2, -0.15) is 0 Å². The molecule has 0 spiro atoms. The Morgan fingerprint density at radius 2 is 1.68 bits per heavy atom. The van der Waals surface area contributed by atoms with E-state index < -0.39 is 12.1 Å². The first-order valence-electron chi connectivity index (χ1n) is 7.91. The first-order chi connectivity index (χ1) is 11.7. The van der Waals surface area contributed by atoms with E-state index in [1.54, 1.807) is 52.2 Å². The van der Waals surface area contributed by atoms with Crippen molar-refractivity contribution in [2.24, 2.45) is 0 Å². The number of ether oxygens (including phenoxy) is 1. The zero-order valence-electron chi connectivity index (χ0n) is 15.0. The van der Waals surface area contributed by atoms with Gasteiger partial charge in [-0.1, -0.05) is 30.3 Å². The minimum atomic E-state index is -1.05. The van der Waals surface area contributed by atoms with Crippen molar-refractivity contribution in [2.45, 2.75) is 26.9 Å². The van der Waals surface area contributed by atoms with Crippen LogP contribution in [-0.2, 0) is 9.53 Å². The van der Waals surface area contributed by atoms with Crippen LogP contribution in [0.5, 0.6) is 0 Å². The fraction of sp³-hybridized carbons (Fsp3) is 0.316. The third-order valence-electron chi connectivity index (χ3n) is 3.99. The Kier molecular flexibility index (Phi) is 5.41. The number of aromatic nitrogens is 1. The second-order valence-electron chi connectivity index (χ2n) is 6.11. The molecule has 0 unspecified atom stereocenters. The number of Topliss-reactive ketones (excluding diaryl/α,β-unsaturated/α-hetero) is 1. The summed E-state index contributed by atoms with van der Waals surface area (Å²) in [6, 6.07) is 8.83. The molecule has 2 aromatic rings. The molecule has 0 radical (unpaired) electrons. The monoisotopic (exact) mass is 342 g/mol. The molecular formula is C19H22N2O4. The number of carbonyl (C=O) groups excluding carboxylic acids is 3. The molecule has 6 nitrogen and oxygen atoms in total. The number of nitrogens with zero attached hydrogens (tertiary/aromatic N) is 1. The van der Waals surface area contributed by atoms with Crippen molar-refractivity contribution >= 4 is 17.7 Å². The number of H-pyrrole nitrogens is 1. The zero-order chi connectivity index (χ0) is 18.7. The van der Waals surface area contributed by atoms with E-state index in [2.05, 4.69) is 4.98 Å². The van der Waals surface area contributed by atoms with Gasteiger partial charge in [-0.3, -0.25) is 9.59 Å². The molecule has 0 saturated heterocycles. The molecule has 1 heterocycles. The topological polar surface area (TPSA) is 79.5 Å². The minimum Gasteiger partial charge on any atom is -0.443 e. The predicted molar refractivity (Wildman–Crippen MR) is 93.6 cm³/mol. The van der Waals surface area contributed by atoms with Crippen molar-refractivity contribution < 1.29 is 19.1 Å². The number of benzene rings is 1. The van der Waals surface area contributed by atoms with E-state index in [-0.39, 0.29) is 17.4 Å². The van der Waals surface area contributed by atoms with Crippen LogP contribution in [0.2, 0.25) is 0 Å². The third-order valence-corrected chi connectivity index (χ3v) is 3.99. The highest BCUT2D eigenvalue weighted by Gasteiger charge is 2.29. The van der Waals surface area contributed by atoms with Crippen LogP contribution in [0.25, 0.3) is 0 Å². The first kappa shape index (κ1) is 18.4. The summed E-state index contributed by atoms with van der Waals surface area (Å²) in [5.74, 6) is -1.14. The van der Waals surface area contributed by atoms with Crippen LogP contribution in [0.4, 0.5) is 0 Å². The number of aromatic amines is 1. The second kappa shape index (κ2) is 7.34. The molecule has 25 heavy (non-hydrogen) atoms. The number of hydrogen-bond donors (Lipinski definition) is 1. The van der Waals surface area contributed by atoms with E-state index in [4.69, 9.17) is 4.74 Å². The Bertz CT molecular complexity index is 806. The van der Waals surface area contributed by atoms with Gasteiger partial charge in [0.25, 0.3) is 5.91 Å². The van der Waals surface area contributed by atoms with E-state index in [0.717, 1.165) is 0 Å². The van der Waals surface area contributed by atoms with Crippen LogP contribution < -0.4 is 0 Å². The zero-order valence-corrected chi connectivity index (χ0v) is 15.0. The molecule has 6 heteroatoms. The van der Waals surface area contributed by atoms with E-state index in [1.165, 1.54) is 11.8 Å². The molecular weight excluding hydrogens is 320 g/mol. The van der Waals surface area contributed by atoms with Crippen molar-refractivity contribution in [1.82, 2.24) is 9.88 Å². The Morgan fingerprint density at radius 1 is 1.08 bits per heavy atom. The summed E-state index contributed by atoms with van der Waals surface area (Å²) in [5, 5.41) is 0. The minimum absolute atomic E-state index is 0.130. The normalized spacial score (nSPS) is 11.7. The van der Waals surface area contributed by atoms with Gasteiger partial charge in [0.1, 0.15) is 5.69 Å². The van der Waals surface area contributed by atoms with Crippen molar-refractivity contribution in [2.75, 3.05) is 14.1 Å². The summed E-state index contributed by atoms with van der Waals surface area (Å²) in [5.41, 5.74) is 2.38. The van der Waals surface area contributed by atoms with Crippen LogP contribution in [0.15, 0.2) is 30.3 Å². The molecule has 1 atom stereocenters.